The van der Waals surface area contributed by atoms with Crippen molar-refractivity contribution in [2.24, 2.45) is 15.0 Å². The predicted octanol–water partition coefficient (Wildman–Crippen LogP) is -0.316. The third kappa shape index (κ3) is 1.47. The molecule has 0 spiro atoms. The fraction of sp³-hybridized carbons (Fsp3) is 0.500. The fourth-order valence-electron chi connectivity index (χ4n) is 1.55. The molecule has 0 aromatic heterocycles. The summed E-state index contributed by atoms with van der Waals surface area (Å²) in [6.45, 7) is 0.527. The normalized spacial score (nSPS) is 28.3. The minimum Gasteiger partial charge on any atom is -0.332 e. The summed E-state index contributed by atoms with van der Waals surface area (Å²) < 4.78 is 0. The zero-order chi connectivity index (χ0) is 10.9. The Morgan fingerprint density at radius 2 is 2.40 bits per heavy atom. The lowest BCUT2D eigenvalue weighted by atomic mass is 9.97. The second-order valence-corrected chi connectivity index (χ2v) is 3.97. The number of nitrogens with zero attached hydrogens (tertiary/aromatic N) is 3. The first kappa shape index (κ1) is 10.3. The molecular formula is C8H12N6S. The van der Waals surface area contributed by atoms with E-state index in [4.69, 9.17) is 5.41 Å². The zero-order valence-corrected chi connectivity index (χ0v) is 9.35. The number of fused-ring (bicyclic) bond motifs is 1. The van der Waals surface area contributed by atoms with Crippen LogP contribution in [0.2, 0.25) is 0 Å². The van der Waals surface area contributed by atoms with Gasteiger partial charge in [-0.15, -0.1) is 0 Å². The SMILES string of the molecule is CNCC12N=CNC1=NC(SC)=NC2=N. The smallest absolute Gasteiger partial charge is 0.191 e. The predicted molar refractivity (Wildman–Crippen MR) is 64.4 cm³/mol. The van der Waals surface area contributed by atoms with Crippen molar-refractivity contribution < 1.29 is 0 Å². The molecule has 7 heteroatoms. The van der Waals surface area contributed by atoms with Crippen LogP contribution in [0.15, 0.2) is 15.0 Å². The van der Waals surface area contributed by atoms with Crippen molar-refractivity contribution in [3.63, 3.8) is 0 Å². The van der Waals surface area contributed by atoms with Crippen LogP contribution in [0.4, 0.5) is 0 Å². The molecule has 1 atom stereocenters. The summed E-state index contributed by atoms with van der Waals surface area (Å²) in [4.78, 5) is 12.7. The molecule has 3 N–H and O–H groups in total. The van der Waals surface area contributed by atoms with Crippen LogP contribution >= 0.6 is 11.8 Å². The second kappa shape index (κ2) is 3.74. The molecule has 0 bridgehead atoms. The lowest BCUT2D eigenvalue weighted by molar-refractivity contribution is 0.659. The first-order valence-electron chi connectivity index (χ1n) is 4.48. The van der Waals surface area contributed by atoms with Crippen molar-refractivity contribution >= 4 is 34.9 Å². The van der Waals surface area contributed by atoms with Gasteiger partial charge in [-0.1, -0.05) is 11.8 Å². The van der Waals surface area contributed by atoms with Crippen molar-refractivity contribution in [2.75, 3.05) is 19.8 Å². The Hall–Kier alpha value is -1.21. The monoisotopic (exact) mass is 224 g/mol. The Morgan fingerprint density at radius 3 is 3.07 bits per heavy atom. The molecule has 2 heterocycles. The topological polar surface area (TPSA) is 85.0 Å². The third-order valence-corrected chi connectivity index (χ3v) is 2.85. The van der Waals surface area contributed by atoms with Gasteiger partial charge in [-0.25, -0.2) is 9.98 Å². The minimum atomic E-state index is -0.742. The highest BCUT2D eigenvalue weighted by atomic mass is 32.2. The zero-order valence-electron chi connectivity index (χ0n) is 8.53. The lowest BCUT2D eigenvalue weighted by Crippen LogP contribution is -2.53. The van der Waals surface area contributed by atoms with E-state index in [1.165, 1.54) is 11.8 Å². The van der Waals surface area contributed by atoms with E-state index < -0.39 is 5.54 Å². The van der Waals surface area contributed by atoms with Crippen LogP contribution in [-0.4, -0.2) is 48.6 Å². The quantitative estimate of drug-likeness (QED) is 0.601. The van der Waals surface area contributed by atoms with Crippen LogP contribution in [0, 0.1) is 5.41 Å². The van der Waals surface area contributed by atoms with Crippen molar-refractivity contribution in [1.82, 2.24) is 10.6 Å². The summed E-state index contributed by atoms with van der Waals surface area (Å²) in [7, 11) is 1.82. The summed E-state index contributed by atoms with van der Waals surface area (Å²) in [5.41, 5.74) is -0.742. The molecule has 6 nitrogen and oxygen atoms in total. The first-order chi connectivity index (χ1) is 7.23. The number of hydrogen-bond acceptors (Lipinski definition) is 6. The van der Waals surface area contributed by atoms with Crippen LogP contribution < -0.4 is 10.6 Å². The Bertz CT molecular complexity index is 385. The van der Waals surface area contributed by atoms with Gasteiger partial charge < -0.3 is 10.6 Å². The average Bonchev–Trinajstić information content (AvgIpc) is 2.63. The largest absolute Gasteiger partial charge is 0.332 e. The standard InChI is InChI=1S/C8H12N6S/c1-10-3-8-5(9)13-7(15-2)14-6(8)11-4-12-8/h4,10H,3H2,1-2H3,(H2,9,11,12,13,14). The Kier molecular flexibility index (Phi) is 2.57. The van der Waals surface area contributed by atoms with Crippen molar-refractivity contribution in [1.29, 1.82) is 5.41 Å². The first-order valence-corrected chi connectivity index (χ1v) is 5.71. The number of nitrogens with one attached hydrogen (secondary N) is 3. The number of likely N-dealkylation sites (N-methyl/N-ethyl adjacent to an activating group) is 1. The number of thioether (sulfide) groups is 1. The van der Waals surface area contributed by atoms with E-state index in [1.54, 1.807) is 6.34 Å². The summed E-state index contributed by atoms with van der Waals surface area (Å²) in [6, 6.07) is 0. The van der Waals surface area contributed by atoms with Gasteiger partial charge in [0.25, 0.3) is 0 Å². The third-order valence-electron chi connectivity index (χ3n) is 2.30. The highest BCUT2D eigenvalue weighted by molar-refractivity contribution is 8.13. The maximum Gasteiger partial charge on any atom is 0.191 e. The molecule has 0 saturated carbocycles. The maximum atomic E-state index is 7.93. The van der Waals surface area contributed by atoms with Crippen molar-refractivity contribution in [3.8, 4) is 0 Å². The van der Waals surface area contributed by atoms with Gasteiger partial charge in [-0.05, 0) is 13.3 Å². The van der Waals surface area contributed by atoms with Gasteiger partial charge in [-0.2, -0.15) is 0 Å². The molecule has 1 unspecified atom stereocenters. The van der Waals surface area contributed by atoms with Gasteiger partial charge in [0, 0.05) is 6.54 Å². The minimum absolute atomic E-state index is 0.229. The van der Waals surface area contributed by atoms with E-state index in [9.17, 15) is 0 Å². The number of hydrogen-bond donors (Lipinski definition) is 3. The molecule has 2 rings (SSSR count). The van der Waals surface area contributed by atoms with E-state index >= 15 is 0 Å². The maximum absolute atomic E-state index is 7.93. The molecule has 80 valence electrons. The summed E-state index contributed by atoms with van der Waals surface area (Å²) in [5.74, 6) is 0.911. The van der Waals surface area contributed by atoms with Crippen molar-refractivity contribution in [3.05, 3.63) is 0 Å². The second-order valence-electron chi connectivity index (χ2n) is 3.20. The molecule has 0 aromatic rings. The van der Waals surface area contributed by atoms with Crippen LogP contribution in [0.3, 0.4) is 0 Å². The van der Waals surface area contributed by atoms with Gasteiger partial charge in [0.1, 0.15) is 5.84 Å². The lowest BCUT2D eigenvalue weighted by Gasteiger charge is -2.27. The van der Waals surface area contributed by atoms with E-state index in [0.717, 1.165) is 0 Å². The van der Waals surface area contributed by atoms with Crippen LogP contribution in [0.25, 0.3) is 0 Å². The average molecular weight is 224 g/mol. The Morgan fingerprint density at radius 1 is 1.60 bits per heavy atom. The molecular weight excluding hydrogens is 212 g/mol. The summed E-state index contributed by atoms with van der Waals surface area (Å²) in [5, 5.41) is 14.5. The van der Waals surface area contributed by atoms with Gasteiger partial charge in [0.15, 0.2) is 16.5 Å². The number of amidine groups is 3. The van der Waals surface area contributed by atoms with Crippen LogP contribution in [-0.2, 0) is 0 Å². The van der Waals surface area contributed by atoms with E-state index in [0.29, 0.717) is 17.5 Å². The van der Waals surface area contributed by atoms with Gasteiger partial charge >= 0.3 is 0 Å². The van der Waals surface area contributed by atoms with Crippen molar-refractivity contribution in [2.45, 2.75) is 5.54 Å². The molecule has 15 heavy (non-hydrogen) atoms. The Labute approximate surface area is 91.9 Å². The molecule has 0 aliphatic carbocycles. The molecule has 0 saturated heterocycles. The van der Waals surface area contributed by atoms with Crippen LogP contribution in [0.5, 0.6) is 0 Å². The fourth-order valence-corrected chi connectivity index (χ4v) is 1.92. The molecule has 0 amide bonds. The molecule has 2 aliphatic rings. The van der Waals surface area contributed by atoms with Gasteiger partial charge in [-0.3, -0.25) is 10.4 Å². The number of rotatable bonds is 2. The molecule has 0 radical (unpaired) electrons. The highest BCUT2D eigenvalue weighted by Gasteiger charge is 2.45. The van der Waals surface area contributed by atoms with E-state index in [-0.39, 0.29) is 5.84 Å². The summed E-state index contributed by atoms with van der Waals surface area (Å²) in [6.07, 6.45) is 3.46. The van der Waals surface area contributed by atoms with Crippen LogP contribution in [0.1, 0.15) is 0 Å². The molecule has 0 aromatic carbocycles. The van der Waals surface area contributed by atoms with E-state index in [2.05, 4.69) is 25.6 Å². The highest BCUT2D eigenvalue weighted by Crippen LogP contribution is 2.23. The van der Waals surface area contributed by atoms with Gasteiger partial charge in [0.05, 0.1) is 6.34 Å². The Balaban J connectivity index is 2.39. The molecule has 0 fully saturated rings. The summed E-state index contributed by atoms with van der Waals surface area (Å²) >= 11 is 1.42. The molecule has 2 aliphatic heterocycles. The van der Waals surface area contributed by atoms with Gasteiger partial charge in [0.2, 0.25) is 0 Å². The number of aliphatic imine (C=N–C) groups is 3. The van der Waals surface area contributed by atoms with E-state index in [1.807, 2.05) is 13.3 Å².